The van der Waals surface area contributed by atoms with E-state index in [2.05, 4.69) is 15.2 Å². The first-order valence-corrected chi connectivity index (χ1v) is 8.37. The minimum Gasteiger partial charge on any atom is -0.457 e. The first kappa shape index (κ1) is 16.0. The van der Waals surface area contributed by atoms with Gasteiger partial charge in [-0.15, -0.1) is 10.2 Å². The van der Waals surface area contributed by atoms with Crippen LogP contribution in [0.1, 0.15) is 5.82 Å². The van der Waals surface area contributed by atoms with Crippen LogP contribution in [0.4, 0.5) is 0 Å². The van der Waals surface area contributed by atoms with E-state index in [4.69, 9.17) is 4.74 Å². The van der Waals surface area contributed by atoms with Crippen molar-refractivity contribution in [3.8, 4) is 34.1 Å². The lowest BCUT2D eigenvalue weighted by Gasteiger charge is -2.12. The second kappa shape index (κ2) is 6.80. The number of ether oxygens (including phenoxy) is 1. The highest BCUT2D eigenvalue weighted by molar-refractivity contribution is 5.73. The Morgan fingerprint density at radius 2 is 1.65 bits per heavy atom. The summed E-state index contributed by atoms with van der Waals surface area (Å²) in [4.78, 5) is 4.46. The summed E-state index contributed by atoms with van der Waals surface area (Å²) in [5, 5.41) is 8.35. The fourth-order valence-electron chi connectivity index (χ4n) is 2.76. The van der Waals surface area contributed by atoms with Gasteiger partial charge in [0.05, 0.1) is 0 Å². The molecule has 0 spiro atoms. The summed E-state index contributed by atoms with van der Waals surface area (Å²) in [6, 6.07) is 21.7. The van der Waals surface area contributed by atoms with Gasteiger partial charge in [-0.3, -0.25) is 4.98 Å². The molecular weight excluding hydrogens is 324 g/mol. The molecule has 26 heavy (non-hydrogen) atoms. The van der Waals surface area contributed by atoms with Gasteiger partial charge in [0.15, 0.2) is 5.82 Å². The zero-order chi connectivity index (χ0) is 17.9. The van der Waals surface area contributed by atoms with Crippen LogP contribution in [0.2, 0.25) is 0 Å². The predicted octanol–water partition coefficient (Wildman–Crippen LogP) is 4.64. The van der Waals surface area contributed by atoms with Crippen molar-refractivity contribution in [2.24, 2.45) is 7.05 Å². The number of hydrogen-bond acceptors (Lipinski definition) is 4. The van der Waals surface area contributed by atoms with Crippen LogP contribution in [0.3, 0.4) is 0 Å². The van der Waals surface area contributed by atoms with E-state index in [1.807, 2.05) is 85.3 Å². The molecule has 2 aromatic carbocycles. The Morgan fingerprint density at radius 3 is 2.42 bits per heavy atom. The summed E-state index contributed by atoms with van der Waals surface area (Å²) in [7, 11) is 1.94. The lowest BCUT2D eigenvalue weighted by molar-refractivity contribution is 0.484. The number of para-hydroxylation sites is 2. The van der Waals surface area contributed by atoms with Gasteiger partial charge in [0.2, 0.25) is 0 Å². The monoisotopic (exact) mass is 342 g/mol. The zero-order valence-corrected chi connectivity index (χ0v) is 14.6. The molecule has 0 atom stereocenters. The summed E-state index contributed by atoms with van der Waals surface area (Å²) in [6.45, 7) is 1.92. The molecule has 5 heteroatoms. The molecule has 0 N–H and O–H groups in total. The van der Waals surface area contributed by atoms with Crippen molar-refractivity contribution in [3.05, 3.63) is 78.8 Å². The predicted molar refractivity (Wildman–Crippen MR) is 101 cm³/mol. The minimum absolute atomic E-state index is 0.741. The molecule has 0 aliphatic carbocycles. The normalized spacial score (nSPS) is 10.7. The molecule has 0 bridgehead atoms. The van der Waals surface area contributed by atoms with E-state index in [1.54, 1.807) is 6.20 Å². The van der Waals surface area contributed by atoms with Gasteiger partial charge < -0.3 is 9.30 Å². The van der Waals surface area contributed by atoms with E-state index in [1.165, 1.54) is 0 Å². The van der Waals surface area contributed by atoms with Gasteiger partial charge in [-0.25, -0.2) is 0 Å². The Hall–Kier alpha value is -3.47. The molecule has 0 unspecified atom stereocenters. The quantitative estimate of drug-likeness (QED) is 0.542. The average Bonchev–Trinajstić information content (AvgIpc) is 3.02. The molecule has 2 aromatic heterocycles. The van der Waals surface area contributed by atoms with Crippen LogP contribution in [-0.4, -0.2) is 19.7 Å². The molecule has 5 nitrogen and oxygen atoms in total. The third-order valence-electron chi connectivity index (χ3n) is 4.25. The molecule has 0 amide bonds. The van der Waals surface area contributed by atoms with Crippen LogP contribution in [0.15, 0.2) is 72.9 Å². The lowest BCUT2D eigenvalue weighted by Crippen LogP contribution is -1.97. The van der Waals surface area contributed by atoms with Gasteiger partial charge in [0.1, 0.15) is 23.0 Å². The van der Waals surface area contributed by atoms with Gasteiger partial charge in [0, 0.05) is 18.8 Å². The molecule has 2 heterocycles. The smallest absolute Gasteiger partial charge is 0.182 e. The molecular formula is C21H18N4O. The van der Waals surface area contributed by atoms with Crippen molar-refractivity contribution in [3.63, 3.8) is 0 Å². The fraction of sp³-hybridized carbons (Fsp3) is 0.0952. The summed E-state index contributed by atoms with van der Waals surface area (Å²) >= 11 is 0. The van der Waals surface area contributed by atoms with Crippen molar-refractivity contribution < 1.29 is 4.74 Å². The molecule has 0 aliphatic heterocycles. The Kier molecular flexibility index (Phi) is 4.19. The summed E-state index contributed by atoms with van der Waals surface area (Å²) in [5.74, 6) is 3.19. The van der Waals surface area contributed by atoms with Crippen molar-refractivity contribution in [1.82, 2.24) is 19.7 Å². The topological polar surface area (TPSA) is 52.8 Å². The number of benzene rings is 2. The third-order valence-corrected chi connectivity index (χ3v) is 4.25. The molecule has 0 fully saturated rings. The van der Waals surface area contributed by atoms with Crippen molar-refractivity contribution >= 4 is 0 Å². The molecule has 0 aliphatic rings. The highest BCUT2D eigenvalue weighted by Crippen LogP contribution is 2.34. The first-order valence-electron chi connectivity index (χ1n) is 8.37. The van der Waals surface area contributed by atoms with E-state index < -0.39 is 0 Å². The molecule has 0 radical (unpaired) electrons. The van der Waals surface area contributed by atoms with Crippen LogP contribution in [-0.2, 0) is 7.05 Å². The highest BCUT2D eigenvalue weighted by Gasteiger charge is 2.12. The fourth-order valence-corrected chi connectivity index (χ4v) is 2.76. The third kappa shape index (κ3) is 3.07. The Morgan fingerprint density at radius 1 is 0.885 bits per heavy atom. The van der Waals surface area contributed by atoms with Crippen LogP contribution in [0, 0.1) is 6.92 Å². The maximum atomic E-state index is 6.08. The summed E-state index contributed by atoms with van der Waals surface area (Å²) < 4.78 is 8.01. The van der Waals surface area contributed by atoms with Gasteiger partial charge in [-0.1, -0.05) is 36.4 Å². The standard InChI is InChI=1S/C21H18N4O/c1-15-23-24-21(25(15)2)19-14-16(12-13-22-19)18-10-6-7-11-20(18)26-17-8-4-3-5-9-17/h3-14H,1-2H3. The second-order valence-corrected chi connectivity index (χ2v) is 5.97. The van der Waals surface area contributed by atoms with E-state index in [-0.39, 0.29) is 0 Å². The van der Waals surface area contributed by atoms with E-state index in [0.717, 1.165) is 40.0 Å². The molecule has 0 saturated carbocycles. The summed E-state index contributed by atoms with van der Waals surface area (Å²) in [6.07, 6.45) is 1.79. The first-order chi connectivity index (χ1) is 12.7. The lowest BCUT2D eigenvalue weighted by atomic mass is 10.0. The number of hydrogen-bond donors (Lipinski definition) is 0. The van der Waals surface area contributed by atoms with Gasteiger partial charge >= 0.3 is 0 Å². The van der Waals surface area contributed by atoms with E-state index in [0.29, 0.717) is 0 Å². The molecule has 4 aromatic rings. The Balaban J connectivity index is 1.75. The second-order valence-electron chi connectivity index (χ2n) is 5.97. The van der Waals surface area contributed by atoms with Crippen LogP contribution >= 0.6 is 0 Å². The average molecular weight is 342 g/mol. The largest absolute Gasteiger partial charge is 0.457 e. The minimum atomic E-state index is 0.741. The van der Waals surface area contributed by atoms with Gasteiger partial charge in [-0.2, -0.15) is 0 Å². The van der Waals surface area contributed by atoms with Crippen LogP contribution < -0.4 is 4.74 Å². The summed E-state index contributed by atoms with van der Waals surface area (Å²) in [5.41, 5.74) is 2.79. The Bertz CT molecular complexity index is 1040. The van der Waals surface area contributed by atoms with Crippen LogP contribution in [0.25, 0.3) is 22.6 Å². The van der Waals surface area contributed by atoms with Crippen molar-refractivity contribution in [2.75, 3.05) is 0 Å². The zero-order valence-electron chi connectivity index (χ0n) is 14.6. The van der Waals surface area contributed by atoms with Crippen molar-refractivity contribution in [1.29, 1.82) is 0 Å². The SMILES string of the molecule is Cc1nnc(-c2cc(-c3ccccc3Oc3ccccc3)ccn2)n1C. The molecule has 4 rings (SSSR count). The van der Waals surface area contributed by atoms with Crippen molar-refractivity contribution in [2.45, 2.75) is 6.92 Å². The van der Waals surface area contributed by atoms with Gasteiger partial charge in [0.25, 0.3) is 0 Å². The number of pyridine rings is 1. The van der Waals surface area contributed by atoms with Gasteiger partial charge in [-0.05, 0) is 42.8 Å². The molecule has 128 valence electrons. The van der Waals surface area contributed by atoms with Crippen LogP contribution in [0.5, 0.6) is 11.5 Å². The van der Waals surface area contributed by atoms with E-state index in [9.17, 15) is 0 Å². The van der Waals surface area contributed by atoms with E-state index >= 15 is 0 Å². The Labute approximate surface area is 151 Å². The maximum absolute atomic E-state index is 6.08. The molecule has 0 saturated heterocycles. The highest BCUT2D eigenvalue weighted by atomic mass is 16.5. The number of nitrogens with zero attached hydrogens (tertiary/aromatic N) is 4. The maximum Gasteiger partial charge on any atom is 0.182 e. The number of aromatic nitrogens is 4. The number of rotatable bonds is 4. The number of aryl methyl sites for hydroxylation is 1.